The number of esters is 1. The van der Waals surface area contributed by atoms with E-state index in [1.807, 2.05) is 13.8 Å². The molecule has 174 valence electrons. The second kappa shape index (κ2) is 10.7. The monoisotopic (exact) mass is 454 g/mol. The maximum Gasteiger partial charge on any atom is 0.325 e. The van der Waals surface area contributed by atoms with E-state index in [-0.39, 0.29) is 30.5 Å². The minimum atomic E-state index is -0.709. The van der Waals surface area contributed by atoms with E-state index in [1.54, 1.807) is 30.3 Å². The number of aromatic nitrogens is 3. The van der Waals surface area contributed by atoms with E-state index in [4.69, 9.17) is 10.5 Å². The lowest BCUT2D eigenvalue weighted by Crippen LogP contribution is -2.42. The fraction of sp³-hybridized carbons (Fsp3) is 0.348. The van der Waals surface area contributed by atoms with Crippen LogP contribution >= 0.6 is 0 Å². The number of pyridine rings is 1. The Morgan fingerprint density at radius 3 is 2.70 bits per heavy atom. The van der Waals surface area contributed by atoms with Crippen molar-refractivity contribution in [1.29, 1.82) is 0 Å². The van der Waals surface area contributed by atoms with Gasteiger partial charge in [0.25, 0.3) is 5.91 Å². The number of nitrogens with two attached hydrogens (primary N) is 1. The van der Waals surface area contributed by atoms with Gasteiger partial charge in [-0.3, -0.25) is 9.59 Å². The Bertz CT molecular complexity index is 1120. The summed E-state index contributed by atoms with van der Waals surface area (Å²) in [5, 5.41) is 5.81. The van der Waals surface area contributed by atoms with E-state index >= 15 is 0 Å². The number of benzene rings is 1. The summed E-state index contributed by atoms with van der Waals surface area (Å²) in [5.74, 6) is -1.18. The number of hydrogen-bond donors (Lipinski definition) is 3. The molecular formula is C23H27FN6O3. The molecule has 0 saturated carbocycles. The van der Waals surface area contributed by atoms with E-state index < -0.39 is 17.3 Å². The number of ether oxygens (including phenoxy) is 1. The highest BCUT2D eigenvalue weighted by Gasteiger charge is 2.28. The van der Waals surface area contributed by atoms with E-state index in [9.17, 15) is 14.0 Å². The molecule has 0 aliphatic carbocycles. The van der Waals surface area contributed by atoms with Gasteiger partial charge in [-0.15, -0.1) is 0 Å². The molecule has 2 aromatic heterocycles. The van der Waals surface area contributed by atoms with Gasteiger partial charge in [-0.1, -0.05) is 38.0 Å². The van der Waals surface area contributed by atoms with Crippen LogP contribution in [0.25, 0.3) is 11.0 Å². The predicted molar refractivity (Wildman–Crippen MR) is 123 cm³/mol. The molecule has 0 radical (unpaired) electrons. The average Bonchev–Trinajstić information content (AvgIpc) is 2.80. The van der Waals surface area contributed by atoms with Crippen LogP contribution in [0.15, 0.2) is 42.6 Å². The molecule has 0 aliphatic rings. The van der Waals surface area contributed by atoms with Gasteiger partial charge in [0.05, 0.1) is 17.3 Å². The Kier molecular flexibility index (Phi) is 7.70. The number of nitrogens with one attached hydrogen (secondary N) is 2. The molecule has 0 fully saturated rings. The minimum absolute atomic E-state index is 0.0135. The lowest BCUT2D eigenvalue weighted by atomic mass is 9.95. The van der Waals surface area contributed by atoms with Crippen molar-refractivity contribution < 1.29 is 18.7 Å². The second-order valence-corrected chi connectivity index (χ2v) is 7.95. The molecule has 1 aromatic carbocycles. The molecule has 1 amide bonds. The molecule has 0 saturated heterocycles. The Hall–Kier alpha value is -3.82. The Balaban J connectivity index is 1.68. The van der Waals surface area contributed by atoms with Crippen molar-refractivity contribution in [3.05, 3.63) is 54.0 Å². The fourth-order valence-corrected chi connectivity index (χ4v) is 3.26. The Morgan fingerprint density at radius 2 is 1.97 bits per heavy atom. The predicted octanol–water partition coefficient (Wildman–Crippen LogP) is 3.08. The highest BCUT2D eigenvalue weighted by atomic mass is 19.1. The molecule has 1 unspecified atom stereocenters. The number of unbranched alkanes of at least 4 members (excludes halogenated alkanes) is 1. The van der Waals surface area contributed by atoms with Crippen molar-refractivity contribution in [1.82, 2.24) is 20.3 Å². The Labute approximate surface area is 191 Å². The molecule has 3 aromatic rings. The first-order chi connectivity index (χ1) is 15.8. The van der Waals surface area contributed by atoms with Crippen molar-refractivity contribution in [3.63, 3.8) is 0 Å². The maximum atomic E-state index is 13.6. The van der Waals surface area contributed by atoms with Crippen LogP contribution in [0, 0.1) is 5.82 Å². The molecule has 0 bridgehead atoms. The first-order valence-corrected chi connectivity index (χ1v) is 10.7. The van der Waals surface area contributed by atoms with Crippen LogP contribution in [-0.4, -0.2) is 45.5 Å². The van der Waals surface area contributed by atoms with Crippen LogP contribution in [-0.2, 0) is 9.53 Å². The fourth-order valence-electron chi connectivity index (χ4n) is 3.26. The van der Waals surface area contributed by atoms with E-state index in [0.29, 0.717) is 23.3 Å². The molecule has 0 aliphatic heterocycles. The van der Waals surface area contributed by atoms with Crippen molar-refractivity contribution in [3.8, 4) is 0 Å². The third-order valence-corrected chi connectivity index (χ3v) is 5.00. The maximum absolute atomic E-state index is 13.6. The summed E-state index contributed by atoms with van der Waals surface area (Å²) in [7, 11) is 0. The SMILES string of the molecule is CCCCC(C)(COC(=O)CNC(=O)c1ccccc1)Nc1nc(N)nc2cc(F)cnc12. The molecule has 3 rings (SSSR count). The van der Waals surface area contributed by atoms with Gasteiger partial charge in [-0.2, -0.15) is 4.98 Å². The zero-order valence-corrected chi connectivity index (χ0v) is 18.6. The number of nitrogens with zero attached hydrogens (tertiary/aromatic N) is 3. The van der Waals surface area contributed by atoms with Gasteiger partial charge in [0.2, 0.25) is 5.95 Å². The first-order valence-electron chi connectivity index (χ1n) is 10.7. The van der Waals surface area contributed by atoms with E-state index in [0.717, 1.165) is 19.0 Å². The number of hydrogen-bond acceptors (Lipinski definition) is 8. The summed E-state index contributed by atoms with van der Waals surface area (Å²) in [4.78, 5) is 36.7. The standard InChI is InChI=1S/C23H27FN6O3/c1-3-4-10-23(2,14-33-18(31)13-27-21(32)15-8-6-5-7-9-15)30-20-19-17(28-22(25)29-20)11-16(24)12-26-19/h5-9,11-12H,3-4,10,13-14H2,1-2H3,(H,27,32)(H3,25,28,29,30). The van der Waals surface area contributed by atoms with Gasteiger partial charge in [0.15, 0.2) is 5.82 Å². The quantitative estimate of drug-likeness (QED) is 0.398. The zero-order valence-electron chi connectivity index (χ0n) is 18.6. The molecule has 33 heavy (non-hydrogen) atoms. The van der Waals surface area contributed by atoms with Crippen molar-refractivity contribution in [2.45, 2.75) is 38.6 Å². The van der Waals surface area contributed by atoms with Crippen LogP contribution in [0.4, 0.5) is 16.2 Å². The van der Waals surface area contributed by atoms with Gasteiger partial charge < -0.3 is 21.1 Å². The van der Waals surface area contributed by atoms with E-state index in [2.05, 4.69) is 25.6 Å². The number of rotatable bonds is 10. The highest BCUT2D eigenvalue weighted by molar-refractivity contribution is 5.95. The molecule has 4 N–H and O–H groups in total. The van der Waals surface area contributed by atoms with Gasteiger partial charge in [-0.05, 0) is 25.5 Å². The highest BCUT2D eigenvalue weighted by Crippen LogP contribution is 2.26. The first kappa shape index (κ1) is 23.8. The molecule has 2 heterocycles. The number of amides is 1. The number of nitrogen functional groups attached to an aromatic ring is 1. The van der Waals surface area contributed by atoms with Crippen LogP contribution < -0.4 is 16.4 Å². The molecular weight excluding hydrogens is 427 g/mol. The summed E-state index contributed by atoms with van der Waals surface area (Å²) in [6.07, 6.45) is 3.51. The van der Waals surface area contributed by atoms with Crippen molar-refractivity contribution >= 4 is 34.7 Å². The van der Waals surface area contributed by atoms with Crippen molar-refractivity contribution in [2.75, 3.05) is 24.2 Å². The van der Waals surface area contributed by atoms with Crippen LogP contribution in [0.1, 0.15) is 43.5 Å². The van der Waals surface area contributed by atoms with Gasteiger partial charge >= 0.3 is 5.97 Å². The topological polar surface area (TPSA) is 132 Å². The minimum Gasteiger partial charge on any atom is -0.462 e. The summed E-state index contributed by atoms with van der Waals surface area (Å²) in [5.41, 5.74) is 6.16. The van der Waals surface area contributed by atoms with Gasteiger partial charge in [0, 0.05) is 11.6 Å². The molecule has 0 spiro atoms. The van der Waals surface area contributed by atoms with Crippen LogP contribution in [0.3, 0.4) is 0 Å². The summed E-state index contributed by atoms with van der Waals surface area (Å²) in [6, 6.07) is 9.82. The lowest BCUT2D eigenvalue weighted by molar-refractivity contribution is -0.143. The smallest absolute Gasteiger partial charge is 0.325 e. The largest absolute Gasteiger partial charge is 0.462 e. The zero-order chi connectivity index (χ0) is 23.8. The number of carbonyl (C=O) groups is 2. The lowest BCUT2D eigenvalue weighted by Gasteiger charge is -2.31. The summed E-state index contributed by atoms with van der Waals surface area (Å²) < 4.78 is 19.0. The third kappa shape index (κ3) is 6.58. The van der Waals surface area contributed by atoms with Crippen LogP contribution in [0.2, 0.25) is 0 Å². The summed E-state index contributed by atoms with van der Waals surface area (Å²) in [6.45, 7) is 3.68. The average molecular weight is 455 g/mol. The Morgan fingerprint density at radius 1 is 1.21 bits per heavy atom. The number of halogens is 1. The normalized spacial score (nSPS) is 12.7. The summed E-state index contributed by atoms with van der Waals surface area (Å²) >= 11 is 0. The van der Waals surface area contributed by atoms with Gasteiger partial charge in [0.1, 0.15) is 24.5 Å². The third-order valence-electron chi connectivity index (χ3n) is 5.00. The number of carbonyl (C=O) groups excluding carboxylic acids is 2. The van der Waals surface area contributed by atoms with Crippen LogP contribution in [0.5, 0.6) is 0 Å². The van der Waals surface area contributed by atoms with Crippen molar-refractivity contribution in [2.24, 2.45) is 0 Å². The van der Waals surface area contributed by atoms with Gasteiger partial charge in [-0.25, -0.2) is 14.4 Å². The molecule has 1 atom stereocenters. The number of anilines is 2. The molecule has 10 heteroatoms. The second-order valence-electron chi connectivity index (χ2n) is 7.95. The van der Waals surface area contributed by atoms with E-state index in [1.165, 1.54) is 6.07 Å². The number of fused-ring (bicyclic) bond motifs is 1. The molecule has 9 nitrogen and oxygen atoms in total.